The Morgan fingerprint density at radius 1 is 0.600 bits per heavy atom. The topological polar surface area (TPSA) is 33.5 Å². The number of aromatic nitrogens is 2. The van der Waals surface area contributed by atoms with E-state index in [2.05, 4.69) is 207 Å². The fourth-order valence-corrected chi connectivity index (χ4v) is 8.42. The number of anilines is 4. The van der Waals surface area contributed by atoms with E-state index >= 15 is 0 Å². The van der Waals surface area contributed by atoms with E-state index in [4.69, 9.17) is 9.72 Å². The number of benzene rings is 7. The van der Waals surface area contributed by atoms with Crippen LogP contribution >= 0.6 is 0 Å². The van der Waals surface area contributed by atoms with Gasteiger partial charge < -0.3 is 19.1 Å². The Hall–Kier alpha value is -6.42. The number of para-hydroxylation sites is 3. The van der Waals surface area contributed by atoms with E-state index in [-0.39, 0.29) is 26.5 Å². The van der Waals surface area contributed by atoms with Crippen molar-refractivity contribution in [1.29, 1.82) is 0 Å². The Morgan fingerprint density at radius 3 is 2.07 bits per heavy atom. The van der Waals surface area contributed by atoms with Crippen molar-refractivity contribution in [2.45, 2.75) is 40.0 Å². The first kappa shape index (κ1) is 39.1. The second kappa shape index (κ2) is 15.6. The molecule has 0 radical (unpaired) electrons. The minimum atomic E-state index is 0. The second-order valence-electron chi connectivity index (χ2n) is 16.3. The smallest absolute Gasteiger partial charge is 0.136 e. The van der Waals surface area contributed by atoms with Gasteiger partial charge in [-0.25, -0.2) is 4.98 Å². The van der Waals surface area contributed by atoms with Crippen molar-refractivity contribution in [3.63, 3.8) is 0 Å². The van der Waals surface area contributed by atoms with E-state index in [0.29, 0.717) is 11.5 Å². The molecule has 0 saturated heterocycles. The number of aryl methyl sites for hydroxylation is 2. The molecule has 2 aromatic heterocycles. The number of fused-ring (bicyclic) bond motifs is 4. The molecule has 5 nitrogen and oxygen atoms in total. The molecular weight excluding hydrogens is 916 g/mol. The third kappa shape index (κ3) is 6.97. The first-order valence-electron chi connectivity index (χ1n) is 20.1. The molecule has 0 saturated carbocycles. The van der Waals surface area contributed by atoms with Crippen LogP contribution in [0.25, 0.3) is 49.9 Å². The van der Waals surface area contributed by atoms with E-state index < -0.39 is 0 Å². The predicted octanol–water partition coefficient (Wildman–Crippen LogP) is 14.2. The van der Waals surface area contributed by atoms with Gasteiger partial charge in [-0.1, -0.05) is 117 Å². The van der Waals surface area contributed by atoms with Crippen molar-refractivity contribution in [3.05, 3.63) is 199 Å². The van der Waals surface area contributed by atoms with Crippen LogP contribution in [0, 0.1) is 32.6 Å². The largest absolute Gasteiger partial charge is 0.509 e. The quantitative estimate of drug-likeness (QED) is 0.149. The zero-order valence-electron chi connectivity index (χ0n) is 34.2. The summed E-state index contributed by atoms with van der Waals surface area (Å²) in [5.74, 6) is 2.01. The van der Waals surface area contributed by atoms with Crippen LogP contribution in [0.15, 0.2) is 164 Å². The minimum Gasteiger partial charge on any atom is -0.509 e. The molecule has 1 aliphatic heterocycles. The maximum absolute atomic E-state index is 6.63. The summed E-state index contributed by atoms with van der Waals surface area (Å²) < 4.78 is 8.84. The summed E-state index contributed by atoms with van der Waals surface area (Å²) in [6.07, 6.45) is 2.02. The van der Waals surface area contributed by atoms with Crippen LogP contribution < -0.4 is 14.5 Å². The summed E-state index contributed by atoms with van der Waals surface area (Å²) >= 11 is 0. The molecule has 7 aromatic carbocycles. The molecule has 1 aliphatic rings. The average molecular weight is 959 g/mol. The summed E-state index contributed by atoms with van der Waals surface area (Å²) in [6.45, 7) is 13.3. The van der Waals surface area contributed by atoms with E-state index in [0.717, 1.165) is 67.1 Å². The first-order chi connectivity index (χ1) is 28.7. The van der Waals surface area contributed by atoms with Crippen molar-refractivity contribution < 1.29 is 25.8 Å². The Morgan fingerprint density at radius 2 is 1.28 bits per heavy atom. The molecule has 60 heavy (non-hydrogen) atoms. The molecule has 298 valence electrons. The summed E-state index contributed by atoms with van der Waals surface area (Å²) in [4.78, 5) is 9.58. The number of hydrogen-bond donors (Lipinski definition) is 0. The third-order valence-corrected chi connectivity index (χ3v) is 11.4. The fourth-order valence-electron chi connectivity index (χ4n) is 8.42. The van der Waals surface area contributed by atoms with E-state index in [9.17, 15) is 0 Å². The molecule has 6 heteroatoms. The van der Waals surface area contributed by atoms with Gasteiger partial charge in [0.15, 0.2) is 0 Å². The molecular formula is C54H43N4OPt-3. The molecule has 0 bridgehead atoms. The molecule has 9 aromatic rings. The van der Waals surface area contributed by atoms with Crippen LogP contribution in [0.3, 0.4) is 0 Å². The number of hydrogen-bond acceptors (Lipinski definition) is 4. The molecule has 10 rings (SSSR count). The maximum atomic E-state index is 6.63. The Balaban J connectivity index is 0.00000462. The third-order valence-electron chi connectivity index (χ3n) is 11.4. The molecule has 0 fully saturated rings. The molecule has 0 amide bonds. The number of ether oxygens (including phenoxy) is 1. The second-order valence-corrected chi connectivity index (χ2v) is 16.3. The minimum absolute atomic E-state index is 0. The maximum Gasteiger partial charge on any atom is 0.136 e. The Labute approximate surface area is 366 Å². The van der Waals surface area contributed by atoms with Crippen LogP contribution in [0.2, 0.25) is 0 Å². The van der Waals surface area contributed by atoms with Crippen molar-refractivity contribution in [3.8, 4) is 39.6 Å². The van der Waals surface area contributed by atoms with Crippen LogP contribution in [0.4, 0.5) is 22.7 Å². The van der Waals surface area contributed by atoms with Gasteiger partial charge in [0.05, 0.1) is 0 Å². The van der Waals surface area contributed by atoms with Gasteiger partial charge in [-0.05, 0) is 94.4 Å². The standard InChI is InChI=1S/C54H43N4O.Pt/c1-36-16-13-17-37(2)53(36)46-33-52(55-34-47(46)38-18-7-6-8-19-38)58-48-25-10-9-24-44(48)45-29-28-43(32-51(45)58)59-42-23-15-22-41(31-42)57-35-56(49-26-11-12-27-50(49)57)40-21-14-20-39(30-40)54(3,4)5;/h6-30,33-35H,1-5H3;/q-3;. The Bertz CT molecular complexity index is 3020. The SMILES string of the molecule is Cc1cccc(C)c1-c1cc(-n2c3[c-]c(Oc4[c-]c(N5[CH-]N(c6cccc(C(C)(C)C)c6)c6ccccc65)ccc4)ccc3c3ccccc32)ncc1-c1ccccc1.[Pt]. The van der Waals surface area contributed by atoms with E-state index in [1.807, 2.05) is 24.4 Å². The summed E-state index contributed by atoms with van der Waals surface area (Å²) in [5, 5.41) is 2.20. The number of nitrogens with zero attached hydrogens (tertiary/aromatic N) is 4. The number of pyridine rings is 1. The monoisotopic (exact) mass is 958 g/mol. The van der Waals surface area contributed by atoms with Crippen LogP contribution in [0.5, 0.6) is 11.5 Å². The van der Waals surface area contributed by atoms with Crippen LogP contribution in [-0.4, -0.2) is 9.55 Å². The molecule has 3 heterocycles. The number of rotatable bonds is 7. The van der Waals surface area contributed by atoms with Gasteiger partial charge in [-0.3, -0.25) is 0 Å². The summed E-state index contributed by atoms with van der Waals surface area (Å²) in [6, 6.07) is 62.4. The summed E-state index contributed by atoms with van der Waals surface area (Å²) in [5.41, 5.74) is 14.5. The molecule has 0 N–H and O–H groups in total. The summed E-state index contributed by atoms with van der Waals surface area (Å²) in [7, 11) is 0. The zero-order chi connectivity index (χ0) is 40.3. The van der Waals surface area contributed by atoms with E-state index in [1.54, 1.807) is 0 Å². The van der Waals surface area contributed by atoms with Gasteiger partial charge in [0.25, 0.3) is 0 Å². The Kier molecular flexibility index (Phi) is 10.2. The predicted molar refractivity (Wildman–Crippen MR) is 243 cm³/mol. The molecule has 0 unspecified atom stereocenters. The van der Waals surface area contributed by atoms with Crippen molar-refractivity contribution >= 4 is 44.6 Å². The molecule has 0 atom stereocenters. The van der Waals surface area contributed by atoms with Gasteiger partial charge in [-0.15, -0.1) is 48.1 Å². The van der Waals surface area contributed by atoms with Crippen molar-refractivity contribution in [2.75, 3.05) is 9.80 Å². The van der Waals surface area contributed by atoms with E-state index in [1.165, 1.54) is 22.3 Å². The molecule has 0 spiro atoms. The van der Waals surface area contributed by atoms with Gasteiger partial charge >= 0.3 is 0 Å². The van der Waals surface area contributed by atoms with Crippen molar-refractivity contribution in [1.82, 2.24) is 9.55 Å². The van der Waals surface area contributed by atoms with Gasteiger partial charge in [0.2, 0.25) is 0 Å². The van der Waals surface area contributed by atoms with Crippen molar-refractivity contribution in [2.24, 2.45) is 0 Å². The van der Waals surface area contributed by atoms with Crippen LogP contribution in [-0.2, 0) is 26.5 Å². The first-order valence-corrected chi connectivity index (χ1v) is 20.1. The fraction of sp³-hybridized carbons (Fsp3) is 0.111. The van der Waals surface area contributed by atoms with Gasteiger partial charge in [-0.2, -0.15) is 12.1 Å². The average Bonchev–Trinajstić information content (AvgIpc) is 3.80. The zero-order valence-corrected chi connectivity index (χ0v) is 36.5. The van der Waals surface area contributed by atoms with Gasteiger partial charge in [0, 0.05) is 66.9 Å². The van der Waals surface area contributed by atoms with Gasteiger partial charge in [0.1, 0.15) is 5.82 Å². The van der Waals surface area contributed by atoms with Crippen LogP contribution in [0.1, 0.15) is 37.5 Å². The molecule has 0 aliphatic carbocycles. The normalized spacial score (nSPS) is 12.5.